The fourth-order valence-corrected chi connectivity index (χ4v) is 6.98. The van der Waals surface area contributed by atoms with Gasteiger partial charge in [0.05, 0.1) is 22.1 Å². The Labute approximate surface area is 211 Å². The largest absolute Gasteiger partial charge is 0.519 e. The summed E-state index contributed by atoms with van der Waals surface area (Å²) in [7, 11) is -0.0665. The SMILES string of the molecule is c1cc2c3c(cccc3c1)N1B3N2c2ccc4oc5ncccc5c4c2N3c2cccc3cccc1c23. The Morgan fingerprint density at radius 2 is 1.14 bits per heavy atom. The Morgan fingerprint density at radius 3 is 1.78 bits per heavy atom. The van der Waals surface area contributed by atoms with E-state index in [0.717, 1.165) is 16.4 Å². The van der Waals surface area contributed by atoms with Crippen molar-refractivity contribution in [1.29, 1.82) is 0 Å². The first kappa shape index (κ1) is 18.3. The third kappa shape index (κ3) is 1.98. The van der Waals surface area contributed by atoms with Crippen LogP contribution in [0.4, 0.5) is 34.1 Å². The normalized spacial score (nSPS) is 14.8. The van der Waals surface area contributed by atoms with E-state index >= 15 is 0 Å². The quantitative estimate of drug-likeness (QED) is 0.209. The van der Waals surface area contributed by atoms with Gasteiger partial charge in [0.25, 0.3) is 0 Å². The number of pyridine rings is 1. The smallest absolute Gasteiger partial charge is 0.438 e. The second-order valence-electron chi connectivity index (χ2n) is 10.0. The number of furan rings is 1. The van der Waals surface area contributed by atoms with Gasteiger partial charge >= 0.3 is 7.12 Å². The zero-order valence-corrected chi connectivity index (χ0v) is 19.6. The van der Waals surface area contributed by atoms with Crippen LogP contribution in [0.25, 0.3) is 43.6 Å². The molecule has 6 heteroatoms. The molecule has 0 atom stereocenters. The summed E-state index contributed by atoms with van der Waals surface area (Å²) >= 11 is 0. The van der Waals surface area contributed by atoms with Crippen molar-refractivity contribution < 1.29 is 4.42 Å². The third-order valence-electron chi connectivity index (χ3n) is 8.32. The lowest BCUT2D eigenvalue weighted by Gasteiger charge is -2.46. The van der Waals surface area contributed by atoms with Crippen molar-refractivity contribution in [2.24, 2.45) is 0 Å². The first-order valence-electron chi connectivity index (χ1n) is 12.6. The maximum Gasteiger partial charge on any atom is 0.519 e. The Hall–Kier alpha value is -4.97. The van der Waals surface area contributed by atoms with E-state index in [9.17, 15) is 0 Å². The van der Waals surface area contributed by atoms with E-state index in [1.165, 1.54) is 55.7 Å². The van der Waals surface area contributed by atoms with Crippen LogP contribution in [-0.4, -0.2) is 12.1 Å². The minimum absolute atomic E-state index is 0.0665. The molecule has 0 radical (unpaired) electrons. The molecule has 0 unspecified atom stereocenters. The van der Waals surface area contributed by atoms with Crippen LogP contribution < -0.4 is 14.4 Å². The highest BCUT2D eigenvalue weighted by Gasteiger charge is 2.54. The van der Waals surface area contributed by atoms with Crippen molar-refractivity contribution in [3.8, 4) is 0 Å². The summed E-state index contributed by atoms with van der Waals surface area (Å²) in [5, 5.41) is 7.20. The van der Waals surface area contributed by atoms with Gasteiger partial charge in [0.1, 0.15) is 5.58 Å². The Morgan fingerprint density at radius 1 is 0.541 bits per heavy atom. The van der Waals surface area contributed by atoms with E-state index < -0.39 is 0 Å². The van der Waals surface area contributed by atoms with Gasteiger partial charge < -0.3 is 18.8 Å². The Kier molecular flexibility index (Phi) is 3.00. The fourth-order valence-electron chi connectivity index (χ4n) is 6.98. The molecule has 0 saturated heterocycles. The zero-order valence-electron chi connectivity index (χ0n) is 19.6. The second-order valence-corrected chi connectivity index (χ2v) is 10.0. The average molecular weight is 472 g/mol. The van der Waals surface area contributed by atoms with Crippen LogP contribution in [-0.2, 0) is 0 Å². The van der Waals surface area contributed by atoms with Gasteiger partial charge in [0.15, 0.2) is 0 Å². The Bertz CT molecular complexity index is 2140. The average Bonchev–Trinajstić information content (AvgIpc) is 3.49. The zero-order chi connectivity index (χ0) is 23.8. The molecule has 0 spiro atoms. The maximum atomic E-state index is 6.26. The summed E-state index contributed by atoms with van der Waals surface area (Å²) in [5.41, 5.74) is 8.82. The molecule has 0 saturated carbocycles. The molecule has 0 amide bonds. The molecule has 10 rings (SSSR count). The van der Waals surface area contributed by atoms with Crippen LogP contribution >= 0.6 is 0 Å². The highest BCUT2D eigenvalue weighted by atomic mass is 16.3. The van der Waals surface area contributed by atoms with Crippen LogP contribution in [0.15, 0.2) is 108 Å². The molecule has 170 valence electrons. The number of hydrogen-bond donors (Lipinski definition) is 0. The van der Waals surface area contributed by atoms with Crippen molar-refractivity contribution >= 4 is 84.9 Å². The molecule has 3 aliphatic heterocycles. The first-order valence-corrected chi connectivity index (χ1v) is 12.6. The molecule has 37 heavy (non-hydrogen) atoms. The summed E-state index contributed by atoms with van der Waals surface area (Å²) in [6, 6.07) is 35.1. The van der Waals surface area contributed by atoms with Crippen molar-refractivity contribution in [3.63, 3.8) is 0 Å². The minimum Gasteiger partial charge on any atom is -0.438 e. The summed E-state index contributed by atoms with van der Waals surface area (Å²) in [6.45, 7) is 0. The molecule has 0 aliphatic carbocycles. The van der Waals surface area contributed by atoms with Crippen LogP contribution in [0.3, 0.4) is 0 Å². The third-order valence-corrected chi connectivity index (χ3v) is 8.32. The molecule has 0 N–H and O–H groups in total. The summed E-state index contributed by atoms with van der Waals surface area (Å²) in [5.74, 6) is 0. The lowest BCUT2D eigenvalue weighted by atomic mass is 9.75. The van der Waals surface area contributed by atoms with Crippen LogP contribution in [0.1, 0.15) is 0 Å². The molecular weight excluding hydrogens is 455 g/mol. The minimum atomic E-state index is -0.0665. The van der Waals surface area contributed by atoms with Crippen molar-refractivity contribution in [1.82, 2.24) is 4.98 Å². The van der Waals surface area contributed by atoms with E-state index in [-0.39, 0.29) is 7.12 Å². The molecular formula is C31H17BN4O. The molecule has 7 aromatic rings. The number of aromatic nitrogens is 1. The lowest BCUT2D eigenvalue weighted by molar-refractivity contribution is 0.654. The van der Waals surface area contributed by atoms with Gasteiger partial charge in [-0.25, -0.2) is 4.98 Å². The summed E-state index contributed by atoms with van der Waals surface area (Å²) < 4.78 is 6.26. The number of benzene rings is 5. The van der Waals surface area contributed by atoms with E-state index in [1.54, 1.807) is 6.20 Å². The number of fused-ring (bicyclic) bond motifs is 11. The van der Waals surface area contributed by atoms with E-state index in [2.05, 4.69) is 110 Å². The molecule has 5 nitrogen and oxygen atoms in total. The van der Waals surface area contributed by atoms with E-state index in [1.807, 2.05) is 6.07 Å². The van der Waals surface area contributed by atoms with Crippen molar-refractivity contribution in [2.75, 3.05) is 14.4 Å². The lowest BCUT2D eigenvalue weighted by Crippen LogP contribution is -2.59. The highest BCUT2D eigenvalue weighted by Crippen LogP contribution is 2.61. The molecule has 0 fully saturated rings. The molecule has 5 aromatic carbocycles. The molecule has 5 heterocycles. The van der Waals surface area contributed by atoms with Crippen LogP contribution in [0.2, 0.25) is 0 Å². The van der Waals surface area contributed by atoms with Gasteiger partial charge in [-0.3, -0.25) is 0 Å². The molecule has 3 aliphatic rings. The molecule has 0 bridgehead atoms. The van der Waals surface area contributed by atoms with Crippen molar-refractivity contribution in [3.05, 3.63) is 103 Å². The van der Waals surface area contributed by atoms with Gasteiger partial charge in [0, 0.05) is 39.7 Å². The van der Waals surface area contributed by atoms with Crippen molar-refractivity contribution in [2.45, 2.75) is 0 Å². The van der Waals surface area contributed by atoms with Crippen LogP contribution in [0.5, 0.6) is 0 Å². The van der Waals surface area contributed by atoms with Gasteiger partial charge in [0.2, 0.25) is 5.71 Å². The summed E-state index contributed by atoms with van der Waals surface area (Å²) in [4.78, 5) is 12.1. The highest BCUT2D eigenvalue weighted by molar-refractivity contribution is 6.81. The van der Waals surface area contributed by atoms with Gasteiger partial charge in [-0.2, -0.15) is 0 Å². The second kappa shape index (κ2) is 6.05. The standard InChI is InChI=1S/C31H17BN4O/c1-6-18-7-3-13-23-27(18)21(11-1)34-22-12-2-8-19-9-4-14-24(28(19)22)36-30-25(35(23)32(34)36)15-16-26-29(30)20-10-5-17-33-31(20)37-26/h1-17H. The van der Waals surface area contributed by atoms with Crippen LogP contribution in [0, 0.1) is 0 Å². The first-order chi connectivity index (χ1) is 18.4. The molecule has 2 aromatic heterocycles. The van der Waals surface area contributed by atoms with E-state index in [0.29, 0.717) is 5.71 Å². The summed E-state index contributed by atoms with van der Waals surface area (Å²) in [6.07, 6.45) is 1.80. The topological polar surface area (TPSA) is 35.8 Å². The van der Waals surface area contributed by atoms with Gasteiger partial charge in [-0.05, 0) is 59.3 Å². The van der Waals surface area contributed by atoms with E-state index in [4.69, 9.17) is 4.42 Å². The van der Waals surface area contributed by atoms with Gasteiger partial charge in [-0.15, -0.1) is 0 Å². The number of nitrogens with zero attached hydrogens (tertiary/aromatic N) is 4. The predicted octanol–water partition coefficient (Wildman–Crippen LogP) is 8.03. The maximum absolute atomic E-state index is 6.26. The predicted molar refractivity (Wildman–Crippen MR) is 152 cm³/mol. The van der Waals surface area contributed by atoms with Gasteiger partial charge in [-0.1, -0.05) is 48.5 Å². The number of rotatable bonds is 0. The number of hydrogen-bond acceptors (Lipinski definition) is 5. The number of anilines is 6. The Balaban J connectivity index is 1.46. The fraction of sp³-hybridized carbons (Fsp3) is 0. The monoisotopic (exact) mass is 472 g/mol.